The predicted octanol–water partition coefficient (Wildman–Crippen LogP) is 5.27. The number of rotatable bonds is 6. The van der Waals surface area contributed by atoms with Gasteiger partial charge in [0.15, 0.2) is 0 Å². The molecule has 152 valence electrons. The molecule has 4 aromatic rings. The maximum absolute atomic E-state index is 13.7. The molecule has 0 spiro atoms. The number of fused-ring (bicyclic) bond motifs is 1. The molecule has 0 saturated carbocycles. The minimum absolute atomic E-state index is 0.00597. The molecule has 1 N–H and O–H groups in total. The molecule has 0 bridgehead atoms. The SMILES string of the molecule is Cc1ccc(-c2nc3sc(C)c(-c4ccccc4)c3c(=O)n2CCCC(=O)O)cc1. The largest absolute Gasteiger partial charge is 0.481 e. The van der Waals surface area contributed by atoms with Crippen molar-refractivity contribution in [2.45, 2.75) is 33.2 Å². The standard InChI is InChI=1S/C24H22N2O3S/c1-15-10-12-18(13-11-15)22-25-23-21(24(29)26(22)14-6-9-19(27)28)20(16(2)30-23)17-7-4-3-5-8-17/h3-5,7-8,10-13H,6,9,14H2,1-2H3,(H,27,28). The Morgan fingerprint density at radius 1 is 1.03 bits per heavy atom. The summed E-state index contributed by atoms with van der Waals surface area (Å²) in [4.78, 5) is 31.3. The van der Waals surface area contributed by atoms with Crippen LogP contribution in [0.3, 0.4) is 0 Å². The summed E-state index contributed by atoms with van der Waals surface area (Å²) in [7, 11) is 0. The number of aliphatic carboxylic acids is 1. The summed E-state index contributed by atoms with van der Waals surface area (Å²) in [5, 5.41) is 9.65. The Hall–Kier alpha value is -3.25. The molecule has 0 amide bonds. The first-order valence-electron chi connectivity index (χ1n) is 9.84. The van der Waals surface area contributed by atoms with E-state index in [-0.39, 0.29) is 12.0 Å². The van der Waals surface area contributed by atoms with E-state index >= 15 is 0 Å². The van der Waals surface area contributed by atoms with Crippen LogP contribution in [0.5, 0.6) is 0 Å². The van der Waals surface area contributed by atoms with E-state index in [1.165, 1.54) is 11.3 Å². The second-order valence-electron chi connectivity index (χ2n) is 7.33. The Morgan fingerprint density at radius 2 is 1.73 bits per heavy atom. The van der Waals surface area contributed by atoms with E-state index in [0.29, 0.717) is 29.0 Å². The van der Waals surface area contributed by atoms with Crippen molar-refractivity contribution in [3.8, 4) is 22.5 Å². The quantitative estimate of drug-likeness (QED) is 0.463. The molecule has 2 heterocycles. The van der Waals surface area contributed by atoms with Crippen molar-refractivity contribution in [2.24, 2.45) is 0 Å². The Labute approximate surface area is 178 Å². The Kier molecular flexibility index (Phi) is 5.50. The number of hydrogen-bond acceptors (Lipinski definition) is 4. The first kappa shape index (κ1) is 20.0. The molecule has 0 aliphatic heterocycles. The fraction of sp³-hybridized carbons (Fsp3) is 0.208. The maximum atomic E-state index is 13.7. The van der Waals surface area contributed by atoms with Crippen LogP contribution < -0.4 is 5.56 Å². The van der Waals surface area contributed by atoms with E-state index in [2.05, 4.69) is 0 Å². The Bertz CT molecular complexity index is 1270. The molecule has 0 atom stereocenters. The van der Waals surface area contributed by atoms with Crippen molar-refractivity contribution < 1.29 is 9.90 Å². The van der Waals surface area contributed by atoms with Crippen molar-refractivity contribution in [3.63, 3.8) is 0 Å². The third-order valence-electron chi connectivity index (χ3n) is 5.13. The van der Waals surface area contributed by atoms with Gasteiger partial charge in [0.05, 0.1) is 5.39 Å². The van der Waals surface area contributed by atoms with Crippen LogP contribution in [0.1, 0.15) is 23.3 Å². The summed E-state index contributed by atoms with van der Waals surface area (Å²) in [6, 6.07) is 17.7. The van der Waals surface area contributed by atoms with Crippen LogP contribution in [-0.4, -0.2) is 20.6 Å². The molecule has 0 unspecified atom stereocenters. The lowest BCUT2D eigenvalue weighted by molar-refractivity contribution is -0.137. The first-order chi connectivity index (χ1) is 14.5. The number of thiophene rings is 1. The number of carboxylic acids is 1. The summed E-state index contributed by atoms with van der Waals surface area (Å²) in [6.45, 7) is 4.32. The fourth-order valence-electron chi connectivity index (χ4n) is 3.67. The minimum atomic E-state index is -0.870. The molecule has 30 heavy (non-hydrogen) atoms. The van der Waals surface area contributed by atoms with Gasteiger partial charge in [-0.05, 0) is 25.8 Å². The van der Waals surface area contributed by atoms with E-state index in [1.54, 1.807) is 4.57 Å². The van der Waals surface area contributed by atoms with E-state index in [9.17, 15) is 9.59 Å². The molecule has 4 rings (SSSR count). The van der Waals surface area contributed by atoms with E-state index < -0.39 is 5.97 Å². The molecule has 0 aliphatic rings. The van der Waals surface area contributed by atoms with Crippen molar-refractivity contribution in [1.29, 1.82) is 0 Å². The third-order valence-corrected chi connectivity index (χ3v) is 6.13. The highest BCUT2D eigenvalue weighted by atomic mass is 32.1. The summed E-state index contributed by atoms with van der Waals surface area (Å²) in [5.74, 6) is -0.288. The summed E-state index contributed by atoms with van der Waals surface area (Å²) in [6.07, 6.45) is 0.372. The van der Waals surface area contributed by atoms with Crippen LogP contribution in [-0.2, 0) is 11.3 Å². The minimum Gasteiger partial charge on any atom is -0.481 e. The van der Waals surface area contributed by atoms with Crippen molar-refractivity contribution in [3.05, 3.63) is 75.4 Å². The zero-order chi connectivity index (χ0) is 21.3. The lowest BCUT2D eigenvalue weighted by atomic mass is 10.0. The smallest absolute Gasteiger partial charge is 0.303 e. The molecule has 0 radical (unpaired) electrons. The van der Waals surface area contributed by atoms with E-state index in [1.807, 2.05) is 68.4 Å². The van der Waals surface area contributed by atoms with Gasteiger partial charge >= 0.3 is 5.97 Å². The van der Waals surface area contributed by atoms with Gasteiger partial charge < -0.3 is 5.11 Å². The van der Waals surface area contributed by atoms with Crippen LogP contribution in [0.25, 0.3) is 32.7 Å². The molecular weight excluding hydrogens is 396 g/mol. The zero-order valence-corrected chi connectivity index (χ0v) is 17.7. The topological polar surface area (TPSA) is 72.2 Å². The van der Waals surface area contributed by atoms with Gasteiger partial charge in [0.2, 0.25) is 0 Å². The number of hydrogen-bond donors (Lipinski definition) is 1. The van der Waals surface area contributed by atoms with E-state index in [0.717, 1.165) is 27.1 Å². The predicted molar refractivity (Wildman–Crippen MR) is 121 cm³/mol. The van der Waals surface area contributed by atoms with Crippen LogP contribution in [0.15, 0.2) is 59.4 Å². The lowest BCUT2D eigenvalue weighted by Crippen LogP contribution is -2.24. The summed E-state index contributed by atoms with van der Waals surface area (Å²) in [5.41, 5.74) is 3.75. The number of nitrogens with zero attached hydrogens (tertiary/aromatic N) is 2. The third kappa shape index (κ3) is 3.78. The molecule has 5 nitrogen and oxygen atoms in total. The lowest BCUT2D eigenvalue weighted by Gasteiger charge is -2.13. The second-order valence-corrected chi connectivity index (χ2v) is 8.54. The average molecular weight is 419 g/mol. The number of carbonyl (C=O) groups is 1. The molecule has 0 saturated heterocycles. The highest BCUT2D eigenvalue weighted by molar-refractivity contribution is 7.19. The number of benzene rings is 2. The van der Waals surface area contributed by atoms with Gasteiger partial charge in [-0.1, -0.05) is 60.2 Å². The van der Waals surface area contributed by atoms with E-state index in [4.69, 9.17) is 10.1 Å². The van der Waals surface area contributed by atoms with Gasteiger partial charge in [0.1, 0.15) is 10.7 Å². The van der Waals surface area contributed by atoms with Crippen molar-refractivity contribution in [1.82, 2.24) is 9.55 Å². The van der Waals surface area contributed by atoms with Gasteiger partial charge in [-0.2, -0.15) is 0 Å². The van der Waals surface area contributed by atoms with Gasteiger partial charge in [0.25, 0.3) is 5.56 Å². The van der Waals surface area contributed by atoms with Crippen LogP contribution >= 0.6 is 11.3 Å². The highest BCUT2D eigenvalue weighted by Gasteiger charge is 2.20. The number of aromatic nitrogens is 2. The Balaban J connectivity index is 1.96. The molecular formula is C24H22N2O3S. The van der Waals surface area contributed by atoms with Gasteiger partial charge in [0, 0.05) is 29.0 Å². The fourth-order valence-corrected chi connectivity index (χ4v) is 4.70. The molecule has 2 aromatic carbocycles. The average Bonchev–Trinajstić information content (AvgIpc) is 3.06. The molecule has 0 aliphatic carbocycles. The normalized spacial score (nSPS) is 11.1. The molecule has 2 aromatic heterocycles. The summed E-state index contributed by atoms with van der Waals surface area (Å²) < 4.78 is 1.63. The monoisotopic (exact) mass is 418 g/mol. The summed E-state index contributed by atoms with van der Waals surface area (Å²) >= 11 is 1.52. The number of carboxylic acid groups (broad SMARTS) is 1. The van der Waals surface area contributed by atoms with Crippen LogP contribution in [0.2, 0.25) is 0 Å². The zero-order valence-electron chi connectivity index (χ0n) is 16.9. The molecule has 0 fully saturated rings. The maximum Gasteiger partial charge on any atom is 0.303 e. The van der Waals surface area contributed by atoms with Crippen molar-refractivity contribution >= 4 is 27.5 Å². The van der Waals surface area contributed by atoms with Gasteiger partial charge in [-0.15, -0.1) is 11.3 Å². The van der Waals surface area contributed by atoms with Gasteiger partial charge in [-0.3, -0.25) is 14.2 Å². The van der Waals surface area contributed by atoms with Crippen LogP contribution in [0.4, 0.5) is 0 Å². The molecule has 6 heteroatoms. The van der Waals surface area contributed by atoms with Gasteiger partial charge in [-0.25, -0.2) is 4.98 Å². The second kappa shape index (κ2) is 8.24. The first-order valence-corrected chi connectivity index (χ1v) is 10.7. The Morgan fingerprint density at radius 3 is 2.40 bits per heavy atom. The number of aryl methyl sites for hydroxylation is 2. The van der Waals surface area contributed by atoms with Crippen LogP contribution in [0, 0.1) is 13.8 Å². The van der Waals surface area contributed by atoms with Crippen molar-refractivity contribution in [2.75, 3.05) is 0 Å². The highest BCUT2D eigenvalue weighted by Crippen LogP contribution is 2.36.